The monoisotopic (exact) mass is 462 g/mol. The van der Waals surface area contributed by atoms with E-state index in [1.54, 1.807) is 12.1 Å². The zero-order chi connectivity index (χ0) is 14.3. The largest absolute Gasteiger partial charge is 0.384 e. The van der Waals surface area contributed by atoms with Crippen LogP contribution < -0.4 is 16.4 Å². The highest BCUT2D eigenvalue weighted by Gasteiger charge is 2.09. The van der Waals surface area contributed by atoms with Gasteiger partial charge < -0.3 is 11.1 Å². The summed E-state index contributed by atoms with van der Waals surface area (Å²) in [5.74, 6) is -0.284. The van der Waals surface area contributed by atoms with Crippen LogP contribution in [-0.4, -0.2) is 18.4 Å². The average molecular weight is 465 g/mol. The molecule has 0 aliphatic carbocycles. The van der Waals surface area contributed by atoms with E-state index in [1.165, 1.54) is 0 Å². The lowest BCUT2D eigenvalue weighted by molar-refractivity contribution is 0.0977. The minimum Gasteiger partial charge on any atom is -0.384 e. The van der Waals surface area contributed by atoms with Gasteiger partial charge in [-0.05, 0) is 40.5 Å². The Morgan fingerprint density at radius 3 is 2.57 bits per heavy atom. The Bertz CT molecular complexity index is 486. The molecule has 1 rings (SSSR count). The number of carbonyl (C=O) groups excluding carboxylic acids is 1. The number of nitrogens with one attached hydrogen (secondary N) is 2. The highest BCUT2D eigenvalue weighted by atomic mass is 79.9. The Kier molecular flexibility index (Phi) is 13.1. The van der Waals surface area contributed by atoms with Crippen LogP contribution in [0.5, 0.6) is 0 Å². The van der Waals surface area contributed by atoms with Crippen molar-refractivity contribution in [1.82, 2.24) is 5.32 Å². The maximum absolute atomic E-state index is 11.8. The molecule has 0 spiro atoms. The molecule has 9 heteroatoms. The molecule has 5 nitrogen and oxygen atoms in total. The fourth-order valence-corrected chi connectivity index (χ4v) is 2.02. The number of rotatable bonds is 5. The van der Waals surface area contributed by atoms with Gasteiger partial charge in [0, 0.05) is 22.3 Å². The van der Waals surface area contributed by atoms with Crippen LogP contribution in [0.15, 0.2) is 26.7 Å². The lowest BCUT2D eigenvalue weighted by Crippen LogP contribution is -2.36. The summed E-state index contributed by atoms with van der Waals surface area (Å²) in [7, 11) is 0. The van der Waals surface area contributed by atoms with Gasteiger partial charge in [0.15, 0.2) is 0 Å². The molecule has 0 aromatic heterocycles. The van der Waals surface area contributed by atoms with Crippen molar-refractivity contribution in [3.05, 3.63) is 28.2 Å². The van der Waals surface area contributed by atoms with Crippen LogP contribution in [0.3, 0.4) is 0 Å². The van der Waals surface area contributed by atoms with Crippen LogP contribution >= 0.6 is 56.9 Å². The molecule has 1 amide bonds. The Hall–Kier alpha value is -0.500. The third kappa shape index (κ3) is 7.90. The number of carbonyl (C=O) groups is 1. The molecule has 120 valence electrons. The van der Waals surface area contributed by atoms with Gasteiger partial charge in [0.25, 0.3) is 5.91 Å². The van der Waals surface area contributed by atoms with E-state index in [0.717, 1.165) is 29.5 Å². The van der Waals surface area contributed by atoms with Gasteiger partial charge in [0.05, 0.1) is 16.1 Å². The van der Waals surface area contributed by atoms with Crippen LogP contribution in [-0.2, 0) is 0 Å². The summed E-state index contributed by atoms with van der Waals surface area (Å²) >= 11 is 6.24. The second-order valence-corrected chi connectivity index (χ2v) is 5.11. The third-order valence-electron chi connectivity index (χ3n) is 2.41. The second-order valence-electron chi connectivity index (χ2n) is 3.90. The fourth-order valence-electron chi connectivity index (χ4n) is 1.41. The number of amides is 1. The Labute approximate surface area is 153 Å². The molecule has 1 aromatic rings. The molecule has 1 aromatic carbocycles. The van der Waals surface area contributed by atoms with Crippen LogP contribution in [0.1, 0.15) is 30.1 Å². The summed E-state index contributed by atoms with van der Waals surface area (Å²) in [4.78, 5) is 11.8. The van der Waals surface area contributed by atoms with Gasteiger partial charge >= 0.3 is 0 Å². The van der Waals surface area contributed by atoms with E-state index in [0.29, 0.717) is 5.56 Å². The number of guanidine groups is 1. The smallest absolute Gasteiger partial charge is 0.258 e. The summed E-state index contributed by atoms with van der Waals surface area (Å²) in [6, 6.07) is 5.33. The van der Waals surface area contributed by atoms with Gasteiger partial charge in [-0.25, -0.2) is 0 Å². The van der Waals surface area contributed by atoms with Crippen LogP contribution in [0.25, 0.3) is 0 Å². The highest BCUT2D eigenvalue weighted by Crippen LogP contribution is 2.23. The van der Waals surface area contributed by atoms with Crippen molar-refractivity contribution in [3.8, 4) is 0 Å². The van der Waals surface area contributed by atoms with Gasteiger partial charge in [-0.2, -0.15) is 4.02 Å². The van der Waals surface area contributed by atoms with E-state index in [9.17, 15) is 4.79 Å². The summed E-state index contributed by atoms with van der Waals surface area (Å²) in [6.45, 7) is 3.05. The lowest BCUT2D eigenvalue weighted by atomic mass is 10.2. The second kappa shape index (κ2) is 12.1. The van der Waals surface area contributed by atoms with Crippen LogP contribution in [0.2, 0.25) is 0 Å². The van der Waals surface area contributed by atoms with Crippen molar-refractivity contribution < 1.29 is 4.79 Å². The standard InChI is InChI=1S/C12H16Br2N4O.2ClH/c1-2-3-6-16-10-5-4-8(7-9(10)13)11(19)17-12(15)18-14;;/h4-5,7,16H,2-3,6H2,1H3,(H3,15,17,18,19);2*1H. The van der Waals surface area contributed by atoms with E-state index >= 15 is 0 Å². The first kappa shape index (κ1) is 22.8. The normalized spacial score (nSPS) is 10.1. The maximum Gasteiger partial charge on any atom is 0.258 e. The third-order valence-corrected chi connectivity index (χ3v) is 3.45. The molecule has 0 heterocycles. The van der Waals surface area contributed by atoms with E-state index in [4.69, 9.17) is 5.73 Å². The number of benzene rings is 1. The Balaban J connectivity index is 0. The maximum atomic E-state index is 11.8. The van der Waals surface area contributed by atoms with Gasteiger partial charge in [0.2, 0.25) is 5.96 Å². The number of nitrogens with two attached hydrogens (primary N) is 1. The first-order valence-corrected chi connectivity index (χ1v) is 7.38. The molecule has 4 N–H and O–H groups in total. The number of nitrogens with zero attached hydrogens (tertiary/aromatic N) is 1. The highest BCUT2D eigenvalue weighted by molar-refractivity contribution is 9.10. The molecule has 0 aliphatic rings. The molecular weight excluding hydrogens is 447 g/mol. The molecule has 0 radical (unpaired) electrons. The molecule has 0 unspecified atom stereocenters. The number of hydrogen-bond donors (Lipinski definition) is 3. The predicted molar refractivity (Wildman–Crippen MR) is 100 cm³/mol. The van der Waals surface area contributed by atoms with Crippen molar-refractivity contribution >= 4 is 74.4 Å². The van der Waals surface area contributed by atoms with Crippen LogP contribution in [0, 0.1) is 0 Å². The molecule has 0 fully saturated rings. The number of anilines is 1. The zero-order valence-corrected chi connectivity index (χ0v) is 16.2. The van der Waals surface area contributed by atoms with E-state index in [2.05, 4.69) is 53.7 Å². The predicted octanol–water partition coefficient (Wildman–Crippen LogP) is 3.86. The van der Waals surface area contributed by atoms with Crippen molar-refractivity contribution in [2.75, 3.05) is 11.9 Å². The number of hydrogen-bond acceptors (Lipinski definition) is 3. The van der Waals surface area contributed by atoms with Crippen LogP contribution in [0.4, 0.5) is 5.69 Å². The summed E-state index contributed by atoms with van der Waals surface area (Å²) < 4.78 is 4.33. The van der Waals surface area contributed by atoms with Crippen molar-refractivity contribution in [2.24, 2.45) is 9.75 Å². The molecule has 0 atom stereocenters. The molecule has 0 saturated heterocycles. The van der Waals surface area contributed by atoms with E-state index < -0.39 is 0 Å². The zero-order valence-electron chi connectivity index (χ0n) is 11.4. The number of halogens is 4. The van der Waals surface area contributed by atoms with Crippen molar-refractivity contribution in [2.45, 2.75) is 19.8 Å². The van der Waals surface area contributed by atoms with Gasteiger partial charge in [-0.3, -0.25) is 10.1 Å². The van der Waals surface area contributed by atoms with E-state index in [-0.39, 0.29) is 36.7 Å². The molecular formula is C12H18Br2Cl2N4O. The quantitative estimate of drug-likeness (QED) is 0.351. The topological polar surface area (TPSA) is 79.5 Å². The van der Waals surface area contributed by atoms with E-state index in [1.807, 2.05) is 6.07 Å². The van der Waals surface area contributed by atoms with Gasteiger partial charge in [-0.15, -0.1) is 24.8 Å². The molecule has 0 bridgehead atoms. The first-order chi connectivity index (χ1) is 9.08. The Morgan fingerprint density at radius 1 is 1.38 bits per heavy atom. The summed E-state index contributed by atoms with van der Waals surface area (Å²) in [6.07, 6.45) is 2.24. The summed E-state index contributed by atoms with van der Waals surface area (Å²) in [5, 5.41) is 5.74. The summed E-state index contributed by atoms with van der Waals surface area (Å²) in [5.41, 5.74) is 6.88. The Morgan fingerprint density at radius 2 is 2.05 bits per heavy atom. The van der Waals surface area contributed by atoms with Crippen molar-refractivity contribution in [1.29, 1.82) is 0 Å². The fraction of sp³-hybridized carbons (Fsp3) is 0.333. The first-order valence-electron chi connectivity index (χ1n) is 5.87. The minimum absolute atomic E-state index is 0. The molecule has 0 aliphatic heterocycles. The minimum atomic E-state index is -0.304. The number of unbranched alkanes of at least 4 members (excludes halogenated alkanes) is 1. The SMILES string of the molecule is CCCCNc1ccc(C(=O)N/C(N)=N\Br)cc1Br.Cl.Cl. The van der Waals surface area contributed by atoms with Gasteiger partial charge in [-0.1, -0.05) is 13.3 Å². The van der Waals surface area contributed by atoms with Gasteiger partial charge in [0.1, 0.15) is 0 Å². The molecule has 0 saturated carbocycles. The molecule has 21 heavy (non-hydrogen) atoms. The lowest BCUT2D eigenvalue weighted by Gasteiger charge is -2.09. The van der Waals surface area contributed by atoms with Crippen molar-refractivity contribution in [3.63, 3.8) is 0 Å². The average Bonchev–Trinajstić information content (AvgIpc) is 2.40.